The van der Waals surface area contributed by atoms with Gasteiger partial charge in [0, 0.05) is 70.4 Å². The molecular formula is C35H42N6O2. The van der Waals surface area contributed by atoms with Crippen molar-refractivity contribution in [3.05, 3.63) is 65.6 Å². The van der Waals surface area contributed by atoms with Gasteiger partial charge in [0.2, 0.25) is 5.91 Å². The second-order valence-corrected chi connectivity index (χ2v) is 12.7. The number of carbonyl (C=O) groups is 1. The molecule has 8 nitrogen and oxygen atoms in total. The lowest BCUT2D eigenvalue weighted by Crippen LogP contribution is -2.53. The highest BCUT2D eigenvalue weighted by Crippen LogP contribution is 2.33. The summed E-state index contributed by atoms with van der Waals surface area (Å²) in [7, 11) is 0. The molecule has 0 saturated carbocycles. The summed E-state index contributed by atoms with van der Waals surface area (Å²) in [4.78, 5) is 30.8. The van der Waals surface area contributed by atoms with E-state index in [9.17, 15) is 4.79 Å². The summed E-state index contributed by atoms with van der Waals surface area (Å²) in [6, 6.07) is 16.0. The van der Waals surface area contributed by atoms with Crippen molar-refractivity contribution < 1.29 is 9.53 Å². The fourth-order valence-electron chi connectivity index (χ4n) is 7.06. The van der Waals surface area contributed by atoms with Crippen LogP contribution in [0.1, 0.15) is 42.6 Å². The third kappa shape index (κ3) is 5.78. The second kappa shape index (κ2) is 11.7. The number of pyridine rings is 2. The average Bonchev–Trinajstić information content (AvgIpc) is 3.32. The van der Waals surface area contributed by atoms with Crippen molar-refractivity contribution >= 4 is 22.6 Å². The molecule has 0 radical (unpaired) electrons. The fraction of sp³-hybridized carbons (Fsp3) is 0.457. The molecule has 8 heteroatoms. The molecule has 3 aliphatic heterocycles. The molecule has 224 valence electrons. The van der Waals surface area contributed by atoms with Crippen LogP contribution in [0.4, 0.5) is 5.82 Å². The van der Waals surface area contributed by atoms with Gasteiger partial charge in [-0.2, -0.15) is 0 Å². The highest BCUT2D eigenvalue weighted by atomic mass is 16.5. The van der Waals surface area contributed by atoms with Crippen molar-refractivity contribution in [2.24, 2.45) is 5.92 Å². The first-order valence-corrected chi connectivity index (χ1v) is 15.8. The third-order valence-electron chi connectivity index (χ3n) is 9.71. The summed E-state index contributed by atoms with van der Waals surface area (Å²) in [5, 5.41) is 4.60. The minimum atomic E-state index is 0.147. The van der Waals surface area contributed by atoms with Crippen LogP contribution in [0.3, 0.4) is 0 Å². The van der Waals surface area contributed by atoms with E-state index >= 15 is 0 Å². The van der Waals surface area contributed by atoms with Crippen LogP contribution in [0.15, 0.2) is 48.7 Å². The van der Waals surface area contributed by atoms with Gasteiger partial charge in [0.05, 0.1) is 19.3 Å². The number of nitrogens with one attached hydrogen (secondary N) is 2. The molecule has 3 saturated heterocycles. The molecule has 3 fully saturated rings. The van der Waals surface area contributed by atoms with Gasteiger partial charge in [-0.1, -0.05) is 12.1 Å². The number of piperidine rings is 2. The average molecular weight is 579 g/mol. The van der Waals surface area contributed by atoms with Crippen LogP contribution >= 0.6 is 0 Å². The van der Waals surface area contributed by atoms with Crippen LogP contribution in [0.2, 0.25) is 0 Å². The van der Waals surface area contributed by atoms with Gasteiger partial charge in [0.25, 0.3) is 0 Å². The lowest BCUT2D eigenvalue weighted by Gasteiger charge is -2.41. The Bertz CT molecular complexity index is 1590. The van der Waals surface area contributed by atoms with E-state index in [2.05, 4.69) is 74.5 Å². The number of hydrogen-bond acceptors (Lipinski definition) is 6. The number of ether oxygens (including phenoxy) is 1. The number of aromatic nitrogens is 3. The maximum absolute atomic E-state index is 13.0. The Balaban J connectivity index is 0.955. The summed E-state index contributed by atoms with van der Waals surface area (Å²) >= 11 is 0. The zero-order valence-electron chi connectivity index (χ0n) is 25.5. The van der Waals surface area contributed by atoms with Gasteiger partial charge < -0.3 is 19.9 Å². The summed E-state index contributed by atoms with van der Waals surface area (Å²) in [5.74, 6) is 1.40. The minimum Gasteiger partial charge on any atom is -0.378 e. The number of carbonyl (C=O) groups excluding carboxylic acids is 1. The molecule has 1 amide bonds. The van der Waals surface area contributed by atoms with Crippen LogP contribution in [-0.2, 0) is 9.53 Å². The van der Waals surface area contributed by atoms with Gasteiger partial charge in [-0.25, -0.2) is 4.98 Å². The van der Waals surface area contributed by atoms with E-state index < -0.39 is 0 Å². The Morgan fingerprint density at radius 1 is 0.884 bits per heavy atom. The quantitative estimate of drug-likeness (QED) is 0.318. The van der Waals surface area contributed by atoms with Crippen molar-refractivity contribution in [2.45, 2.75) is 58.5 Å². The Labute approximate surface area is 253 Å². The molecule has 0 atom stereocenters. The van der Waals surface area contributed by atoms with Crippen molar-refractivity contribution in [3.63, 3.8) is 0 Å². The maximum Gasteiger partial charge on any atom is 0.223 e. The maximum atomic E-state index is 13.0. The van der Waals surface area contributed by atoms with Crippen LogP contribution in [0, 0.1) is 26.7 Å². The lowest BCUT2D eigenvalue weighted by molar-refractivity contribution is -0.129. The number of fused-ring (bicyclic) bond motifs is 1. The van der Waals surface area contributed by atoms with Gasteiger partial charge in [0.1, 0.15) is 5.82 Å². The smallest absolute Gasteiger partial charge is 0.223 e. The Hall–Kier alpha value is -3.75. The molecule has 6 heterocycles. The molecule has 0 spiro atoms. The number of anilines is 1. The number of benzene rings is 1. The van der Waals surface area contributed by atoms with E-state index in [1.165, 1.54) is 16.5 Å². The molecular weight excluding hydrogens is 536 g/mol. The molecule has 1 aromatic carbocycles. The Morgan fingerprint density at radius 3 is 2.26 bits per heavy atom. The van der Waals surface area contributed by atoms with Crippen molar-refractivity contribution in [1.82, 2.24) is 25.2 Å². The number of amides is 1. The summed E-state index contributed by atoms with van der Waals surface area (Å²) in [5.41, 5.74) is 9.02. The van der Waals surface area contributed by atoms with Crippen molar-refractivity contribution in [1.29, 1.82) is 0 Å². The van der Waals surface area contributed by atoms with E-state index in [0.29, 0.717) is 6.04 Å². The number of aryl methyl sites for hydroxylation is 3. The lowest BCUT2D eigenvalue weighted by atomic mass is 9.93. The first-order valence-electron chi connectivity index (χ1n) is 15.8. The standard InChI is InChI=1S/C35H42N6O2/c1-22-16-28(17-23(2)37-22)34-24(3)31-6-4-26(18-32(31)39-34)27-5-7-33(36-19-27)41-14-10-29(11-15-41)38-35(42)25-8-12-40(13-9-25)30-20-43-21-30/h4-7,16-19,25,29-30,39H,8-15,20-21H2,1-3H3,(H,38,42). The predicted molar refractivity (Wildman–Crippen MR) is 171 cm³/mol. The normalized spacial score (nSPS) is 19.1. The van der Waals surface area contributed by atoms with Gasteiger partial charge in [0.15, 0.2) is 0 Å². The molecule has 0 bridgehead atoms. The third-order valence-corrected chi connectivity index (χ3v) is 9.71. The number of hydrogen-bond donors (Lipinski definition) is 2. The number of nitrogens with zero attached hydrogens (tertiary/aromatic N) is 4. The van der Waals surface area contributed by atoms with Crippen LogP contribution < -0.4 is 10.2 Å². The molecule has 2 N–H and O–H groups in total. The Kier molecular flexibility index (Phi) is 7.65. The van der Waals surface area contributed by atoms with Crippen LogP contribution in [0.5, 0.6) is 0 Å². The van der Waals surface area contributed by atoms with E-state index in [1.54, 1.807) is 0 Å². The molecule has 3 aliphatic rings. The van der Waals surface area contributed by atoms with Crippen molar-refractivity contribution in [3.8, 4) is 22.4 Å². The first kappa shape index (κ1) is 28.0. The van der Waals surface area contributed by atoms with E-state index in [-0.39, 0.29) is 17.9 Å². The highest BCUT2D eigenvalue weighted by Gasteiger charge is 2.33. The van der Waals surface area contributed by atoms with E-state index in [0.717, 1.165) is 105 Å². The van der Waals surface area contributed by atoms with Gasteiger partial charge in [-0.3, -0.25) is 14.7 Å². The minimum absolute atomic E-state index is 0.147. The first-order chi connectivity index (χ1) is 20.9. The number of H-pyrrole nitrogens is 1. The van der Waals surface area contributed by atoms with E-state index in [1.807, 2.05) is 20.0 Å². The summed E-state index contributed by atoms with van der Waals surface area (Å²) in [6.07, 6.45) is 5.81. The highest BCUT2D eigenvalue weighted by molar-refractivity contribution is 5.93. The van der Waals surface area contributed by atoms with Crippen LogP contribution in [-0.4, -0.2) is 77.2 Å². The molecule has 0 aliphatic carbocycles. The fourth-order valence-corrected chi connectivity index (χ4v) is 7.06. The van der Waals surface area contributed by atoms with Gasteiger partial charge in [-0.15, -0.1) is 0 Å². The molecule has 7 rings (SSSR count). The van der Waals surface area contributed by atoms with Gasteiger partial charge in [-0.05, 0) is 101 Å². The SMILES string of the molecule is Cc1cc(-c2[nH]c3cc(-c4ccc(N5CCC(NC(=O)C6CCN(C7COC7)CC6)CC5)nc4)ccc3c2C)cc(C)n1. The molecule has 4 aromatic rings. The van der Waals surface area contributed by atoms with Crippen molar-refractivity contribution in [2.75, 3.05) is 44.3 Å². The summed E-state index contributed by atoms with van der Waals surface area (Å²) < 4.78 is 5.33. The molecule has 43 heavy (non-hydrogen) atoms. The number of likely N-dealkylation sites (tertiary alicyclic amines) is 1. The zero-order valence-corrected chi connectivity index (χ0v) is 25.5. The van der Waals surface area contributed by atoms with Crippen LogP contribution in [0.25, 0.3) is 33.3 Å². The predicted octanol–water partition coefficient (Wildman–Crippen LogP) is 5.41. The van der Waals surface area contributed by atoms with E-state index in [4.69, 9.17) is 9.72 Å². The van der Waals surface area contributed by atoms with Gasteiger partial charge >= 0.3 is 0 Å². The topological polar surface area (TPSA) is 86.4 Å². The molecule has 0 unspecified atom stereocenters. The Morgan fingerprint density at radius 2 is 1.60 bits per heavy atom. The monoisotopic (exact) mass is 578 g/mol. The number of aromatic amines is 1. The summed E-state index contributed by atoms with van der Waals surface area (Å²) in [6.45, 7) is 11.8. The molecule has 3 aromatic heterocycles. The second-order valence-electron chi connectivity index (χ2n) is 12.7. The largest absolute Gasteiger partial charge is 0.378 e. The number of rotatable bonds is 6. The zero-order chi connectivity index (χ0) is 29.5.